The molecule has 6 nitrogen and oxygen atoms in total. The number of nitrogens with one attached hydrogen (secondary N) is 3. The second kappa shape index (κ2) is 8.88. The molecule has 0 fully saturated rings. The minimum absolute atomic E-state index is 0.226. The third-order valence-corrected chi connectivity index (χ3v) is 3.57. The number of ether oxygens (including phenoxy) is 1. The molecular formula is C14H17BrF3N3O3. The Labute approximate surface area is 145 Å². The maximum atomic E-state index is 11.9. The predicted octanol–water partition coefficient (Wildman–Crippen LogP) is 2.50. The van der Waals surface area contributed by atoms with Gasteiger partial charge in [0.15, 0.2) is 0 Å². The topological polar surface area (TPSA) is 79.5 Å². The largest absolute Gasteiger partial charge is 0.496 e. The highest BCUT2D eigenvalue weighted by atomic mass is 79.9. The molecule has 3 N–H and O–H groups in total. The minimum atomic E-state index is -4.53. The van der Waals surface area contributed by atoms with Crippen molar-refractivity contribution in [2.45, 2.75) is 19.1 Å². The van der Waals surface area contributed by atoms with E-state index in [4.69, 9.17) is 4.74 Å². The first-order valence-electron chi connectivity index (χ1n) is 6.83. The number of benzene rings is 1. The van der Waals surface area contributed by atoms with Crippen molar-refractivity contribution < 1.29 is 27.5 Å². The highest BCUT2D eigenvalue weighted by Gasteiger charge is 2.27. The molecule has 0 aliphatic carbocycles. The summed E-state index contributed by atoms with van der Waals surface area (Å²) in [4.78, 5) is 22.7. The fourth-order valence-electron chi connectivity index (χ4n) is 1.71. The van der Waals surface area contributed by atoms with Crippen LogP contribution < -0.4 is 20.7 Å². The average molecular weight is 412 g/mol. The van der Waals surface area contributed by atoms with E-state index in [9.17, 15) is 22.8 Å². The van der Waals surface area contributed by atoms with Crippen LogP contribution in [0, 0.1) is 0 Å². The minimum Gasteiger partial charge on any atom is -0.496 e. The van der Waals surface area contributed by atoms with Crippen LogP contribution in [0.2, 0.25) is 0 Å². The third kappa shape index (κ3) is 7.18. The molecule has 0 unspecified atom stereocenters. The smallest absolute Gasteiger partial charge is 0.405 e. The summed E-state index contributed by atoms with van der Waals surface area (Å²) in [5.41, 5.74) is 0.858. The van der Waals surface area contributed by atoms with Gasteiger partial charge in [0.2, 0.25) is 5.91 Å². The van der Waals surface area contributed by atoms with Crippen LogP contribution in [0.1, 0.15) is 18.5 Å². The van der Waals surface area contributed by atoms with Gasteiger partial charge in [0, 0.05) is 6.04 Å². The van der Waals surface area contributed by atoms with E-state index in [1.165, 1.54) is 7.11 Å². The Hall–Kier alpha value is -1.81. The fourth-order valence-corrected chi connectivity index (χ4v) is 2.27. The zero-order chi connectivity index (χ0) is 18.3. The van der Waals surface area contributed by atoms with E-state index in [-0.39, 0.29) is 12.6 Å². The molecule has 0 heterocycles. The van der Waals surface area contributed by atoms with Gasteiger partial charge >= 0.3 is 12.2 Å². The van der Waals surface area contributed by atoms with Gasteiger partial charge in [-0.3, -0.25) is 10.1 Å². The van der Waals surface area contributed by atoms with E-state index in [1.54, 1.807) is 24.4 Å². The number of amides is 3. The highest BCUT2D eigenvalue weighted by Crippen LogP contribution is 2.27. The zero-order valence-electron chi connectivity index (χ0n) is 13.0. The van der Waals surface area contributed by atoms with E-state index in [1.807, 2.05) is 11.4 Å². The number of halogens is 4. The van der Waals surface area contributed by atoms with Crippen molar-refractivity contribution in [3.63, 3.8) is 0 Å². The summed E-state index contributed by atoms with van der Waals surface area (Å²) in [5, 5.41) is 6.22. The van der Waals surface area contributed by atoms with E-state index < -0.39 is 24.7 Å². The molecule has 1 atom stereocenters. The molecule has 0 spiro atoms. The van der Waals surface area contributed by atoms with E-state index >= 15 is 0 Å². The first kappa shape index (κ1) is 20.2. The lowest BCUT2D eigenvalue weighted by Gasteiger charge is -2.15. The molecule has 1 aromatic carbocycles. The number of methoxy groups -OCH3 is 1. The highest BCUT2D eigenvalue weighted by molar-refractivity contribution is 9.10. The Kier molecular flexibility index (Phi) is 7.49. The first-order chi connectivity index (χ1) is 11.1. The van der Waals surface area contributed by atoms with Crippen molar-refractivity contribution in [1.82, 2.24) is 16.0 Å². The summed E-state index contributed by atoms with van der Waals surface area (Å²) in [6.07, 6.45) is -4.53. The number of carbonyl (C=O) groups excluding carboxylic acids is 2. The molecule has 24 heavy (non-hydrogen) atoms. The Morgan fingerprint density at radius 1 is 1.33 bits per heavy atom. The van der Waals surface area contributed by atoms with Gasteiger partial charge in [-0.2, -0.15) is 13.2 Å². The van der Waals surface area contributed by atoms with E-state index in [0.29, 0.717) is 5.75 Å². The second-order valence-corrected chi connectivity index (χ2v) is 5.70. The molecule has 0 radical (unpaired) electrons. The van der Waals surface area contributed by atoms with Crippen LogP contribution in [-0.4, -0.2) is 38.3 Å². The molecule has 10 heteroatoms. The zero-order valence-corrected chi connectivity index (χ0v) is 14.5. The summed E-state index contributed by atoms with van der Waals surface area (Å²) in [5.74, 6) is -0.0841. The van der Waals surface area contributed by atoms with Crippen molar-refractivity contribution >= 4 is 27.9 Å². The third-order valence-electron chi connectivity index (χ3n) is 2.95. The molecular weight excluding hydrogens is 395 g/mol. The Morgan fingerprint density at radius 3 is 2.54 bits per heavy atom. The van der Waals surface area contributed by atoms with Crippen LogP contribution >= 0.6 is 15.9 Å². The van der Waals surface area contributed by atoms with Crippen LogP contribution in [0.4, 0.5) is 18.0 Å². The van der Waals surface area contributed by atoms with Crippen LogP contribution in [0.5, 0.6) is 5.75 Å². The molecule has 3 amide bonds. The Bertz CT molecular complexity index is 596. The van der Waals surface area contributed by atoms with Crippen LogP contribution in [0.15, 0.2) is 22.7 Å². The van der Waals surface area contributed by atoms with Crippen LogP contribution in [0.3, 0.4) is 0 Å². The lowest BCUT2D eigenvalue weighted by molar-refractivity contribution is -0.124. The lowest BCUT2D eigenvalue weighted by Crippen LogP contribution is -2.46. The molecule has 0 aromatic heterocycles. The molecule has 0 aliphatic rings. The van der Waals surface area contributed by atoms with Crippen molar-refractivity contribution in [3.05, 3.63) is 28.2 Å². The molecule has 1 rings (SSSR count). The maximum Gasteiger partial charge on any atom is 0.405 e. The average Bonchev–Trinajstić information content (AvgIpc) is 2.50. The predicted molar refractivity (Wildman–Crippen MR) is 84.7 cm³/mol. The number of hydrogen-bond donors (Lipinski definition) is 3. The van der Waals surface area contributed by atoms with E-state index in [0.717, 1.165) is 10.0 Å². The SMILES string of the molecule is COc1ccc([C@@H](C)NCC(=O)NC(=O)NCC(F)(F)F)cc1Br. The van der Waals surface area contributed by atoms with Crippen molar-refractivity contribution in [3.8, 4) is 5.75 Å². The van der Waals surface area contributed by atoms with Gasteiger partial charge in [0.05, 0.1) is 18.1 Å². The monoisotopic (exact) mass is 411 g/mol. The maximum absolute atomic E-state index is 11.9. The van der Waals surface area contributed by atoms with Crippen molar-refractivity contribution in [2.24, 2.45) is 0 Å². The van der Waals surface area contributed by atoms with Gasteiger partial charge in [-0.15, -0.1) is 0 Å². The first-order valence-corrected chi connectivity index (χ1v) is 7.63. The quantitative estimate of drug-likeness (QED) is 0.671. The molecule has 134 valence electrons. The number of alkyl halides is 3. The Morgan fingerprint density at radius 2 is 2.00 bits per heavy atom. The van der Waals surface area contributed by atoms with Gasteiger partial charge in [0.1, 0.15) is 12.3 Å². The van der Waals surface area contributed by atoms with Crippen molar-refractivity contribution in [1.29, 1.82) is 0 Å². The van der Waals surface area contributed by atoms with Gasteiger partial charge in [-0.25, -0.2) is 4.79 Å². The van der Waals surface area contributed by atoms with Crippen LogP contribution in [0.25, 0.3) is 0 Å². The van der Waals surface area contributed by atoms with Crippen LogP contribution in [-0.2, 0) is 4.79 Å². The lowest BCUT2D eigenvalue weighted by atomic mass is 10.1. The molecule has 0 aliphatic heterocycles. The molecule has 0 bridgehead atoms. The molecule has 1 aromatic rings. The van der Waals surface area contributed by atoms with Gasteiger partial charge < -0.3 is 15.4 Å². The van der Waals surface area contributed by atoms with Gasteiger partial charge in [-0.1, -0.05) is 6.07 Å². The van der Waals surface area contributed by atoms with E-state index in [2.05, 4.69) is 21.2 Å². The summed E-state index contributed by atoms with van der Waals surface area (Å²) >= 11 is 3.34. The number of rotatable bonds is 6. The normalized spacial score (nSPS) is 12.4. The number of carbonyl (C=O) groups is 2. The number of urea groups is 1. The summed E-state index contributed by atoms with van der Waals surface area (Å²) < 4.78 is 41.6. The standard InChI is InChI=1S/C14H17BrF3N3O3/c1-8(9-3-4-11(24-2)10(15)5-9)19-6-12(22)21-13(23)20-7-14(16,17)18/h3-5,8,19H,6-7H2,1-2H3,(H2,20,21,22,23)/t8-/m1/s1. The summed E-state index contributed by atoms with van der Waals surface area (Å²) in [7, 11) is 1.54. The molecule has 0 saturated carbocycles. The number of hydrogen-bond acceptors (Lipinski definition) is 4. The number of imide groups is 1. The summed E-state index contributed by atoms with van der Waals surface area (Å²) in [6.45, 7) is 0.0608. The Balaban J connectivity index is 2.43. The van der Waals surface area contributed by atoms with Gasteiger partial charge in [0.25, 0.3) is 0 Å². The molecule has 0 saturated heterocycles. The van der Waals surface area contributed by atoms with Crippen molar-refractivity contribution in [2.75, 3.05) is 20.2 Å². The second-order valence-electron chi connectivity index (χ2n) is 4.84. The fraction of sp³-hybridized carbons (Fsp3) is 0.429. The summed E-state index contributed by atoms with van der Waals surface area (Å²) in [6, 6.07) is 3.94. The van der Waals surface area contributed by atoms with Gasteiger partial charge in [-0.05, 0) is 40.5 Å².